The zero-order valence-corrected chi connectivity index (χ0v) is 34.0. The van der Waals surface area contributed by atoms with Crippen molar-refractivity contribution in [2.45, 2.75) is 95.0 Å². The van der Waals surface area contributed by atoms with Crippen LogP contribution in [-0.2, 0) is 16.1 Å². The number of nitrogens with zero attached hydrogens (tertiary/aromatic N) is 5. The van der Waals surface area contributed by atoms with Crippen LogP contribution in [0.4, 0.5) is 11.4 Å². The number of halogens is 1. The third-order valence-electron chi connectivity index (χ3n) is 14.0. The number of benzene rings is 3. The van der Waals surface area contributed by atoms with Gasteiger partial charge in [-0.1, -0.05) is 35.6 Å². The lowest BCUT2D eigenvalue weighted by molar-refractivity contribution is -0.136. The summed E-state index contributed by atoms with van der Waals surface area (Å²) in [4.78, 5) is 75.5. The van der Waals surface area contributed by atoms with E-state index in [4.69, 9.17) is 22.9 Å². The maximum absolute atomic E-state index is 13.6. The second kappa shape index (κ2) is 15.1. The Morgan fingerprint density at radius 2 is 1.57 bits per heavy atom. The fourth-order valence-corrected chi connectivity index (χ4v) is 10.9. The molecule has 5 fully saturated rings. The first kappa shape index (κ1) is 38.5. The van der Waals surface area contributed by atoms with Gasteiger partial charge < -0.3 is 19.4 Å². The number of carbonyl (C=O) groups is 5. The Balaban J connectivity index is 0.673. The van der Waals surface area contributed by atoms with Gasteiger partial charge in [-0.2, -0.15) is 0 Å². The molecule has 60 heavy (non-hydrogen) atoms. The van der Waals surface area contributed by atoms with Crippen molar-refractivity contribution < 1.29 is 28.7 Å². The first-order valence-electron chi connectivity index (χ1n) is 21.2. The highest BCUT2D eigenvalue weighted by atomic mass is 35.5. The lowest BCUT2D eigenvalue weighted by atomic mass is 9.60. The van der Waals surface area contributed by atoms with Gasteiger partial charge in [0.15, 0.2) is 0 Å². The van der Waals surface area contributed by atoms with Crippen LogP contribution in [0.15, 0.2) is 54.6 Å². The summed E-state index contributed by atoms with van der Waals surface area (Å²) >= 11 is 6.20. The standard InChI is InChI=1S/C47H45ClN6O6/c1-49-40-13-11-35(22-39(40)48)60-34-9-6-31(7-10-34)53-25-30-5-4-29(20-37(30)44(53)57)3-2-28-16-18-51(19-17-28)33-23-47(24-33)26-52(27-47)32-8-12-36-38(21-32)46(59)54(45(36)58)41-14-15-42(55)50-43(41)56/h4-5,8,11-13,20-22,28,31,33-34,41H,6-7,9-10,14-19,23-27H2,(H,50,55,56). The predicted octanol–water partition coefficient (Wildman–Crippen LogP) is 6.37. The number of anilines is 1. The molecular weight excluding hydrogens is 780 g/mol. The Morgan fingerprint density at radius 1 is 0.800 bits per heavy atom. The topological polar surface area (TPSA) is 124 Å². The molecule has 306 valence electrons. The summed E-state index contributed by atoms with van der Waals surface area (Å²) in [5.74, 6) is 6.10. The van der Waals surface area contributed by atoms with Crippen molar-refractivity contribution in [3.05, 3.63) is 98.9 Å². The number of amides is 5. The van der Waals surface area contributed by atoms with E-state index in [1.165, 1.54) is 0 Å². The van der Waals surface area contributed by atoms with Gasteiger partial charge in [0.1, 0.15) is 11.8 Å². The fourth-order valence-electron chi connectivity index (χ4n) is 10.7. The quantitative estimate of drug-likeness (QED) is 0.173. The number of imide groups is 2. The normalized spacial score (nSPS) is 25.2. The van der Waals surface area contributed by atoms with Gasteiger partial charge in [0.05, 0.1) is 28.8 Å². The number of piperidine rings is 2. The third kappa shape index (κ3) is 6.90. The van der Waals surface area contributed by atoms with Crippen LogP contribution in [0.3, 0.4) is 0 Å². The largest absolute Gasteiger partial charge is 0.490 e. The van der Waals surface area contributed by atoms with Gasteiger partial charge in [-0.15, -0.1) is 0 Å². The molecule has 1 N–H and O–H groups in total. The molecule has 2 saturated carbocycles. The van der Waals surface area contributed by atoms with Crippen molar-refractivity contribution in [2.24, 2.45) is 11.3 Å². The molecule has 12 nitrogen and oxygen atoms in total. The first-order valence-corrected chi connectivity index (χ1v) is 21.6. The molecule has 3 saturated heterocycles. The van der Waals surface area contributed by atoms with Crippen LogP contribution in [0, 0.1) is 29.7 Å². The van der Waals surface area contributed by atoms with E-state index in [2.05, 4.69) is 43.9 Å². The number of nitrogens with one attached hydrogen (secondary N) is 1. The van der Waals surface area contributed by atoms with Crippen molar-refractivity contribution >= 4 is 52.5 Å². The van der Waals surface area contributed by atoms with E-state index in [0.29, 0.717) is 46.1 Å². The summed E-state index contributed by atoms with van der Waals surface area (Å²) in [6.07, 6.45) is 8.12. The molecule has 7 aliphatic rings. The lowest BCUT2D eigenvalue weighted by Crippen LogP contribution is -2.67. The Kier molecular flexibility index (Phi) is 9.69. The minimum atomic E-state index is -0.964. The van der Waals surface area contributed by atoms with Crippen LogP contribution in [-0.4, -0.2) is 94.6 Å². The van der Waals surface area contributed by atoms with Crippen molar-refractivity contribution in [3.63, 3.8) is 0 Å². The molecule has 1 spiro atoms. The summed E-state index contributed by atoms with van der Waals surface area (Å²) in [5, 5.41) is 2.65. The number of hydrogen-bond acceptors (Lipinski definition) is 8. The Labute approximate surface area is 354 Å². The molecular formula is C47H45ClN6O6. The van der Waals surface area contributed by atoms with E-state index in [-0.39, 0.29) is 42.2 Å². The SMILES string of the molecule is [C-]#[N+]c1ccc(OC2CCC(N3Cc4ccc(C#CC5CCN(C6CC7(C6)CN(c6ccc8c(c6)C(=O)N(C6CCC(=O)NC6=O)C8=O)C7)CC5)cc4C3=O)CC2)cc1Cl. The number of ether oxygens (including phenoxy) is 1. The van der Waals surface area contributed by atoms with Crippen LogP contribution in [0.5, 0.6) is 5.75 Å². The van der Waals surface area contributed by atoms with Crippen LogP contribution in [0.25, 0.3) is 4.85 Å². The van der Waals surface area contributed by atoms with E-state index in [1.807, 2.05) is 17.0 Å². The molecule has 3 aromatic rings. The number of carbonyl (C=O) groups excluding carboxylic acids is 5. The second-order valence-electron chi connectivity index (χ2n) is 17.8. The van der Waals surface area contributed by atoms with Gasteiger partial charge in [-0.05, 0) is 119 Å². The van der Waals surface area contributed by atoms with Gasteiger partial charge in [-0.3, -0.25) is 34.2 Å². The molecule has 0 bridgehead atoms. The molecule has 0 radical (unpaired) electrons. The number of fused-ring (bicyclic) bond motifs is 2. The maximum atomic E-state index is 13.6. The summed E-state index contributed by atoms with van der Waals surface area (Å²) in [7, 11) is 0. The summed E-state index contributed by atoms with van der Waals surface area (Å²) in [6.45, 7) is 11.7. The lowest BCUT2D eigenvalue weighted by Gasteiger charge is -2.62. The smallest absolute Gasteiger partial charge is 0.262 e. The zero-order valence-electron chi connectivity index (χ0n) is 33.3. The van der Waals surface area contributed by atoms with E-state index in [9.17, 15) is 24.0 Å². The monoisotopic (exact) mass is 824 g/mol. The molecule has 5 amide bonds. The highest BCUT2D eigenvalue weighted by Gasteiger charge is 2.54. The van der Waals surface area contributed by atoms with Crippen molar-refractivity contribution in [2.75, 3.05) is 31.1 Å². The molecule has 13 heteroatoms. The fraction of sp³-hybridized carbons (Fsp3) is 0.447. The van der Waals surface area contributed by atoms with Crippen LogP contribution in [0.2, 0.25) is 5.02 Å². The van der Waals surface area contributed by atoms with E-state index in [0.717, 1.165) is 105 Å². The second-order valence-corrected chi connectivity index (χ2v) is 18.2. The summed E-state index contributed by atoms with van der Waals surface area (Å²) in [6, 6.07) is 16.5. The van der Waals surface area contributed by atoms with Gasteiger partial charge >= 0.3 is 0 Å². The molecule has 1 atom stereocenters. The maximum Gasteiger partial charge on any atom is 0.262 e. The molecule has 10 rings (SSSR count). The minimum absolute atomic E-state index is 0.0569. The summed E-state index contributed by atoms with van der Waals surface area (Å²) in [5.41, 5.74) is 4.97. The highest BCUT2D eigenvalue weighted by molar-refractivity contribution is 6.33. The molecule has 2 aliphatic carbocycles. The van der Waals surface area contributed by atoms with Gasteiger partial charge in [0, 0.05) is 66.3 Å². The minimum Gasteiger partial charge on any atom is -0.490 e. The van der Waals surface area contributed by atoms with E-state index < -0.39 is 23.8 Å². The van der Waals surface area contributed by atoms with E-state index >= 15 is 0 Å². The molecule has 1 unspecified atom stereocenters. The zero-order chi connectivity index (χ0) is 41.3. The molecule has 5 heterocycles. The van der Waals surface area contributed by atoms with Gasteiger partial charge in [0.25, 0.3) is 17.7 Å². The molecule has 0 aromatic heterocycles. The van der Waals surface area contributed by atoms with Crippen molar-refractivity contribution in [3.8, 4) is 17.6 Å². The number of likely N-dealkylation sites (tertiary alicyclic amines) is 1. The van der Waals surface area contributed by atoms with Crippen molar-refractivity contribution in [1.29, 1.82) is 0 Å². The van der Waals surface area contributed by atoms with Crippen molar-refractivity contribution in [1.82, 2.24) is 20.0 Å². The average Bonchev–Trinajstić information content (AvgIpc) is 3.67. The predicted molar refractivity (Wildman–Crippen MR) is 223 cm³/mol. The van der Waals surface area contributed by atoms with Gasteiger partial charge in [-0.25, -0.2) is 4.85 Å². The van der Waals surface area contributed by atoms with Crippen LogP contribution >= 0.6 is 11.6 Å². The Morgan fingerprint density at radius 3 is 2.30 bits per heavy atom. The van der Waals surface area contributed by atoms with E-state index in [1.54, 1.807) is 30.3 Å². The third-order valence-corrected chi connectivity index (χ3v) is 14.3. The number of hydrogen-bond donors (Lipinski definition) is 1. The Bertz CT molecular complexity index is 2440. The van der Waals surface area contributed by atoms with Crippen LogP contribution in [0.1, 0.15) is 106 Å². The first-order chi connectivity index (χ1) is 29.0. The number of rotatable bonds is 6. The average molecular weight is 825 g/mol. The summed E-state index contributed by atoms with van der Waals surface area (Å²) < 4.78 is 6.18. The highest BCUT2D eigenvalue weighted by Crippen LogP contribution is 2.52. The molecule has 3 aromatic carbocycles. The Hall–Kier alpha value is -5.69. The van der Waals surface area contributed by atoms with Crippen LogP contribution < -0.4 is 15.0 Å². The van der Waals surface area contributed by atoms with Gasteiger partial charge in [0.2, 0.25) is 17.5 Å². The molecule has 5 aliphatic heterocycles.